The highest BCUT2D eigenvalue weighted by Crippen LogP contribution is 2.21. The first kappa shape index (κ1) is 12.8. The monoisotopic (exact) mass is 244 g/mol. The molecule has 4 atom stereocenters. The quantitative estimate of drug-likeness (QED) is 0.325. The van der Waals surface area contributed by atoms with Crippen LogP contribution in [0.2, 0.25) is 0 Å². The second-order valence-electron chi connectivity index (χ2n) is 4.71. The van der Waals surface area contributed by atoms with Crippen molar-refractivity contribution >= 4 is 13.0 Å². The fourth-order valence-corrected chi connectivity index (χ4v) is 2.48. The van der Waals surface area contributed by atoms with Gasteiger partial charge in [0.05, 0.1) is 24.2 Å². The van der Waals surface area contributed by atoms with Crippen LogP contribution >= 0.6 is 0 Å². The molecule has 96 valence electrons. The predicted octanol–water partition coefficient (Wildman–Crippen LogP) is -3.32. The first-order valence-electron chi connectivity index (χ1n) is 5.75. The van der Waals surface area contributed by atoms with Crippen LogP contribution in [-0.2, 0) is 4.79 Å². The summed E-state index contributed by atoms with van der Waals surface area (Å²) in [6.45, 7) is 0.467. The number of aliphatic hydroxyl groups is 2. The van der Waals surface area contributed by atoms with E-state index in [1.165, 1.54) is 4.90 Å². The molecule has 0 spiro atoms. The first-order valence-corrected chi connectivity index (χ1v) is 5.75. The van der Waals surface area contributed by atoms with Crippen molar-refractivity contribution in [3.63, 3.8) is 0 Å². The van der Waals surface area contributed by atoms with Crippen LogP contribution in [0.3, 0.4) is 0 Å². The van der Waals surface area contributed by atoms with Crippen LogP contribution < -0.4 is 5.32 Å². The lowest BCUT2D eigenvalue weighted by atomic mass is 9.77. The summed E-state index contributed by atoms with van der Waals surface area (Å²) in [4.78, 5) is 13.4. The van der Waals surface area contributed by atoms with E-state index in [1.54, 1.807) is 0 Å². The van der Waals surface area contributed by atoms with E-state index in [0.717, 1.165) is 0 Å². The van der Waals surface area contributed by atoms with Crippen molar-refractivity contribution in [3.05, 3.63) is 0 Å². The molecular weight excluding hydrogens is 227 g/mol. The lowest BCUT2D eigenvalue weighted by molar-refractivity contribution is -0.133. The molecule has 8 heteroatoms. The third kappa shape index (κ3) is 2.61. The molecule has 2 saturated heterocycles. The maximum absolute atomic E-state index is 12.1. The highest BCUT2D eigenvalue weighted by Gasteiger charge is 2.44. The molecule has 2 aliphatic heterocycles. The maximum Gasteiger partial charge on any atom is 0.475 e. The minimum absolute atomic E-state index is 0.107. The summed E-state index contributed by atoms with van der Waals surface area (Å²) in [6.07, 6.45) is -0.788. The summed E-state index contributed by atoms with van der Waals surface area (Å²) in [6, 6.07) is -0.503. The Morgan fingerprint density at radius 2 is 1.94 bits per heavy atom. The molecule has 1 amide bonds. The lowest BCUT2D eigenvalue weighted by Gasteiger charge is -2.26. The Labute approximate surface area is 99.2 Å². The normalized spacial score (nSPS) is 37.5. The zero-order valence-electron chi connectivity index (χ0n) is 9.36. The molecule has 0 bridgehead atoms. The van der Waals surface area contributed by atoms with Crippen molar-refractivity contribution < 1.29 is 25.1 Å². The van der Waals surface area contributed by atoms with Gasteiger partial charge in [0.25, 0.3) is 0 Å². The fraction of sp³-hybridized carbons (Fsp3) is 0.889. The molecule has 0 aromatic rings. The van der Waals surface area contributed by atoms with Gasteiger partial charge in [-0.15, -0.1) is 0 Å². The second-order valence-corrected chi connectivity index (χ2v) is 4.71. The van der Waals surface area contributed by atoms with E-state index in [1.807, 2.05) is 0 Å². The third-order valence-corrected chi connectivity index (χ3v) is 3.35. The van der Waals surface area contributed by atoms with Gasteiger partial charge in [-0.3, -0.25) is 4.79 Å². The Bertz CT molecular complexity index is 303. The second kappa shape index (κ2) is 4.91. The topological polar surface area (TPSA) is 113 Å². The molecule has 0 aromatic carbocycles. The average Bonchev–Trinajstić information content (AvgIpc) is 2.83. The molecule has 17 heavy (non-hydrogen) atoms. The first-order chi connectivity index (χ1) is 7.99. The largest absolute Gasteiger partial charge is 0.475 e. The number of nitrogens with zero attached hydrogens (tertiary/aromatic N) is 1. The number of aliphatic hydroxyl groups excluding tert-OH is 2. The average molecular weight is 244 g/mol. The molecule has 2 heterocycles. The molecule has 7 nitrogen and oxygen atoms in total. The summed E-state index contributed by atoms with van der Waals surface area (Å²) in [5, 5.41) is 40.0. The molecular formula is C9H17BN2O5. The van der Waals surface area contributed by atoms with E-state index in [9.17, 15) is 15.0 Å². The van der Waals surface area contributed by atoms with Gasteiger partial charge in [-0.25, -0.2) is 0 Å². The molecule has 0 saturated carbocycles. The maximum atomic E-state index is 12.1. The van der Waals surface area contributed by atoms with Crippen molar-refractivity contribution in [2.45, 2.75) is 37.0 Å². The van der Waals surface area contributed by atoms with Crippen molar-refractivity contribution in [2.75, 3.05) is 13.1 Å². The van der Waals surface area contributed by atoms with E-state index in [-0.39, 0.29) is 18.9 Å². The number of hydrogen-bond acceptors (Lipinski definition) is 6. The molecule has 0 aromatic heterocycles. The highest BCUT2D eigenvalue weighted by atomic mass is 16.4. The van der Waals surface area contributed by atoms with Crippen LogP contribution in [0.15, 0.2) is 0 Å². The van der Waals surface area contributed by atoms with Gasteiger partial charge < -0.3 is 30.5 Å². The smallest absolute Gasteiger partial charge is 0.426 e. The summed E-state index contributed by atoms with van der Waals surface area (Å²) in [5.74, 6) is -1.06. The molecule has 0 radical (unpaired) electrons. The Morgan fingerprint density at radius 3 is 2.47 bits per heavy atom. The third-order valence-electron chi connectivity index (χ3n) is 3.35. The van der Waals surface area contributed by atoms with Gasteiger partial charge in [0.15, 0.2) is 0 Å². The van der Waals surface area contributed by atoms with Crippen molar-refractivity contribution in [3.8, 4) is 0 Å². The van der Waals surface area contributed by atoms with E-state index in [2.05, 4.69) is 5.32 Å². The van der Waals surface area contributed by atoms with Gasteiger partial charge in [0, 0.05) is 13.1 Å². The summed E-state index contributed by atoms with van der Waals surface area (Å²) >= 11 is 0. The molecule has 2 aliphatic rings. The Morgan fingerprint density at radius 1 is 1.24 bits per heavy atom. The number of nitrogens with one attached hydrogen (secondary N) is 1. The molecule has 2 fully saturated rings. The Balaban J connectivity index is 2.02. The number of carbonyl (C=O) groups excluding carboxylic acids is 1. The van der Waals surface area contributed by atoms with Crippen molar-refractivity contribution in [1.29, 1.82) is 0 Å². The number of β-amino-alcohol motifs (C(OH)–C–C–N with tert-alkyl or cyclic N) is 2. The predicted molar refractivity (Wildman–Crippen MR) is 58.7 cm³/mol. The van der Waals surface area contributed by atoms with Gasteiger partial charge in [0.1, 0.15) is 0 Å². The van der Waals surface area contributed by atoms with E-state index in [4.69, 9.17) is 10.0 Å². The molecule has 0 unspecified atom stereocenters. The molecule has 5 N–H and O–H groups in total. The van der Waals surface area contributed by atoms with Crippen LogP contribution in [0.5, 0.6) is 0 Å². The summed E-state index contributed by atoms with van der Waals surface area (Å²) in [5.41, 5.74) is 0. The van der Waals surface area contributed by atoms with Gasteiger partial charge in [-0.1, -0.05) is 0 Å². The van der Waals surface area contributed by atoms with Crippen LogP contribution in [0.1, 0.15) is 12.8 Å². The van der Waals surface area contributed by atoms with Gasteiger partial charge in [-0.05, 0) is 12.8 Å². The highest BCUT2D eigenvalue weighted by molar-refractivity contribution is 6.43. The molecule has 0 aliphatic carbocycles. The Hall–Kier alpha value is -0.665. The molecule has 2 rings (SSSR count). The zero-order chi connectivity index (χ0) is 12.6. The van der Waals surface area contributed by atoms with Gasteiger partial charge in [-0.2, -0.15) is 0 Å². The van der Waals surface area contributed by atoms with Crippen LogP contribution in [-0.4, -0.2) is 75.5 Å². The number of carbonyl (C=O) groups is 1. The SMILES string of the molecule is O=C([C@@H]1C[C@H](O)CN1)N1C[C@H](O)C[C@H]1B(O)O. The van der Waals surface area contributed by atoms with Crippen molar-refractivity contribution in [1.82, 2.24) is 10.2 Å². The fourth-order valence-electron chi connectivity index (χ4n) is 2.48. The van der Waals surface area contributed by atoms with Crippen molar-refractivity contribution in [2.24, 2.45) is 0 Å². The minimum Gasteiger partial charge on any atom is -0.426 e. The summed E-state index contributed by atoms with van der Waals surface area (Å²) < 4.78 is 0. The van der Waals surface area contributed by atoms with E-state index >= 15 is 0 Å². The Kier molecular flexibility index (Phi) is 3.69. The number of hydrogen-bond donors (Lipinski definition) is 5. The number of amides is 1. The van der Waals surface area contributed by atoms with E-state index in [0.29, 0.717) is 13.0 Å². The zero-order valence-corrected chi connectivity index (χ0v) is 9.36. The summed E-state index contributed by atoms with van der Waals surface area (Å²) in [7, 11) is -1.65. The lowest BCUT2D eigenvalue weighted by Crippen LogP contribution is -2.51. The van der Waals surface area contributed by atoms with E-state index < -0.39 is 31.3 Å². The number of rotatable bonds is 2. The van der Waals surface area contributed by atoms with Crippen LogP contribution in [0, 0.1) is 0 Å². The minimum atomic E-state index is -1.65. The van der Waals surface area contributed by atoms with Gasteiger partial charge >= 0.3 is 7.12 Å². The van der Waals surface area contributed by atoms with Crippen LogP contribution in [0.4, 0.5) is 0 Å². The standard InChI is InChI=1S/C9H17BN2O5/c13-5-1-7(11-3-5)9(15)12-4-6(14)2-8(12)10(16)17/h5-8,11,13-14,16-17H,1-4H2/t5-,6+,7-,8-/m0/s1. The van der Waals surface area contributed by atoms with Gasteiger partial charge in [0.2, 0.25) is 5.91 Å². The van der Waals surface area contributed by atoms with Crippen LogP contribution in [0.25, 0.3) is 0 Å². The number of likely N-dealkylation sites (tertiary alicyclic amines) is 1.